The van der Waals surface area contributed by atoms with Crippen molar-refractivity contribution < 1.29 is 9.13 Å². The average molecular weight is 361 g/mol. The van der Waals surface area contributed by atoms with Crippen LogP contribution in [0.3, 0.4) is 0 Å². The molecule has 27 heavy (non-hydrogen) atoms. The minimum absolute atomic E-state index is 0.279. The van der Waals surface area contributed by atoms with Crippen LogP contribution in [0.15, 0.2) is 72.9 Å². The number of aromatic amines is 1. The van der Waals surface area contributed by atoms with E-state index in [0.29, 0.717) is 11.5 Å². The van der Waals surface area contributed by atoms with E-state index in [1.807, 2.05) is 37.5 Å². The van der Waals surface area contributed by atoms with E-state index in [1.165, 1.54) is 23.1 Å². The lowest BCUT2D eigenvalue weighted by molar-refractivity contribution is 0.480. The molecule has 4 rings (SSSR count). The van der Waals surface area contributed by atoms with Gasteiger partial charge < -0.3 is 20.4 Å². The van der Waals surface area contributed by atoms with Gasteiger partial charge in [0.2, 0.25) is 0 Å². The molecule has 0 spiro atoms. The van der Waals surface area contributed by atoms with E-state index < -0.39 is 0 Å². The SMILES string of the molecule is CNCc1c[nH]c2cc(Nc3ccc(Oc4ccc(F)cc4)cc3)ccc12. The Labute approximate surface area is 157 Å². The number of rotatable bonds is 6. The number of hydrogen-bond donors (Lipinski definition) is 3. The molecule has 136 valence electrons. The Kier molecular flexibility index (Phi) is 4.77. The third-order valence-corrected chi connectivity index (χ3v) is 4.33. The maximum absolute atomic E-state index is 13.0. The molecule has 1 heterocycles. The van der Waals surface area contributed by atoms with Crippen LogP contribution in [-0.4, -0.2) is 12.0 Å². The Morgan fingerprint density at radius 3 is 2.26 bits per heavy atom. The van der Waals surface area contributed by atoms with Gasteiger partial charge in [-0.05, 0) is 73.3 Å². The standard InChI is InChI=1S/C22H20FN3O/c1-24-13-15-14-25-22-12-18(6-11-21(15)22)26-17-4-9-20(10-5-17)27-19-7-2-16(23)3-8-19/h2-12,14,24-26H,13H2,1H3. The van der Waals surface area contributed by atoms with Crippen molar-refractivity contribution in [2.24, 2.45) is 0 Å². The number of anilines is 2. The third kappa shape index (κ3) is 3.93. The highest BCUT2D eigenvalue weighted by molar-refractivity contribution is 5.87. The van der Waals surface area contributed by atoms with Gasteiger partial charge in [-0.25, -0.2) is 4.39 Å². The van der Waals surface area contributed by atoms with E-state index >= 15 is 0 Å². The summed E-state index contributed by atoms with van der Waals surface area (Å²) in [5, 5.41) is 7.79. The number of H-pyrrole nitrogens is 1. The molecular formula is C22H20FN3O. The first-order valence-electron chi connectivity index (χ1n) is 8.76. The summed E-state index contributed by atoms with van der Waals surface area (Å²) in [5.74, 6) is 1.02. The number of hydrogen-bond acceptors (Lipinski definition) is 3. The Bertz CT molecular complexity index is 1040. The fraction of sp³-hybridized carbons (Fsp3) is 0.0909. The zero-order valence-corrected chi connectivity index (χ0v) is 14.9. The second kappa shape index (κ2) is 7.51. The van der Waals surface area contributed by atoms with Crippen LogP contribution in [0.2, 0.25) is 0 Å². The summed E-state index contributed by atoms with van der Waals surface area (Å²) in [5.41, 5.74) is 4.32. The van der Waals surface area contributed by atoms with Gasteiger partial charge in [0.05, 0.1) is 0 Å². The largest absolute Gasteiger partial charge is 0.457 e. The summed E-state index contributed by atoms with van der Waals surface area (Å²) < 4.78 is 18.7. The molecule has 0 atom stereocenters. The van der Waals surface area contributed by atoms with Crippen molar-refractivity contribution in [2.45, 2.75) is 6.54 Å². The van der Waals surface area contributed by atoms with Gasteiger partial charge in [0.1, 0.15) is 17.3 Å². The molecule has 0 fully saturated rings. The molecule has 0 saturated heterocycles. The topological polar surface area (TPSA) is 49.1 Å². The van der Waals surface area contributed by atoms with Gasteiger partial charge in [-0.15, -0.1) is 0 Å². The number of benzene rings is 3. The van der Waals surface area contributed by atoms with Crippen molar-refractivity contribution in [3.8, 4) is 11.5 Å². The summed E-state index contributed by atoms with van der Waals surface area (Å²) in [6, 6.07) is 19.9. The smallest absolute Gasteiger partial charge is 0.127 e. The number of aromatic nitrogens is 1. The lowest BCUT2D eigenvalue weighted by Crippen LogP contribution is -2.03. The molecule has 0 saturated carbocycles. The Hall–Kier alpha value is -3.31. The molecule has 0 aliphatic heterocycles. The predicted octanol–water partition coefficient (Wildman–Crippen LogP) is 5.56. The highest BCUT2D eigenvalue weighted by Crippen LogP contribution is 2.27. The van der Waals surface area contributed by atoms with E-state index in [-0.39, 0.29) is 5.82 Å². The first kappa shape index (κ1) is 17.1. The monoisotopic (exact) mass is 361 g/mol. The van der Waals surface area contributed by atoms with Gasteiger partial charge in [-0.2, -0.15) is 0 Å². The zero-order chi connectivity index (χ0) is 18.6. The first-order chi connectivity index (χ1) is 13.2. The van der Waals surface area contributed by atoms with E-state index in [9.17, 15) is 4.39 Å². The number of ether oxygens (including phenoxy) is 1. The summed E-state index contributed by atoms with van der Waals surface area (Å²) in [4.78, 5) is 3.31. The molecular weight excluding hydrogens is 341 g/mol. The lowest BCUT2D eigenvalue weighted by Gasteiger charge is -2.09. The second-order valence-corrected chi connectivity index (χ2v) is 6.31. The molecule has 4 aromatic rings. The highest BCUT2D eigenvalue weighted by atomic mass is 19.1. The van der Waals surface area contributed by atoms with Crippen LogP contribution in [0.25, 0.3) is 10.9 Å². The molecule has 0 aliphatic rings. The first-order valence-corrected chi connectivity index (χ1v) is 8.76. The van der Waals surface area contributed by atoms with E-state index in [1.54, 1.807) is 12.1 Å². The van der Waals surface area contributed by atoms with Crippen molar-refractivity contribution >= 4 is 22.3 Å². The van der Waals surface area contributed by atoms with Crippen molar-refractivity contribution in [1.82, 2.24) is 10.3 Å². The summed E-state index contributed by atoms with van der Waals surface area (Å²) >= 11 is 0. The van der Waals surface area contributed by atoms with E-state index in [0.717, 1.165) is 23.4 Å². The maximum atomic E-state index is 13.0. The molecule has 0 bridgehead atoms. The van der Waals surface area contributed by atoms with E-state index in [4.69, 9.17) is 4.74 Å². The van der Waals surface area contributed by atoms with Crippen LogP contribution in [0.4, 0.5) is 15.8 Å². The average Bonchev–Trinajstić information content (AvgIpc) is 3.08. The van der Waals surface area contributed by atoms with Crippen LogP contribution in [-0.2, 0) is 6.54 Å². The number of nitrogens with one attached hydrogen (secondary N) is 3. The van der Waals surface area contributed by atoms with Gasteiger partial charge in [0, 0.05) is 35.0 Å². The minimum atomic E-state index is -0.279. The van der Waals surface area contributed by atoms with Crippen LogP contribution in [0, 0.1) is 5.82 Å². The van der Waals surface area contributed by atoms with Crippen molar-refractivity contribution in [1.29, 1.82) is 0 Å². The normalized spacial score (nSPS) is 10.9. The Morgan fingerprint density at radius 1 is 0.889 bits per heavy atom. The fourth-order valence-corrected chi connectivity index (χ4v) is 3.01. The predicted molar refractivity (Wildman–Crippen MR) is 107 cm³/mol. The summed E-state index contributed by atoms with van der Waals surface area (Å²) in [6.45, 7) is 0.836. The van der Waals surface area contributed by atoms with Gasteiger partial charge in [-0.3, -0.25) is 0 Å². The third-order valence-electron chi connectivity index (χ3n) is 4.33. The molecule has 0 amide bonds. The van der Waals surface area contributed by atoms with Crippen LogP contribution >= 0.6 is 0 Å². The van der Waals surface area contributed by atoms with Gasteiger partial charge in [-0.1, -0.05) is 6.07 Å². The zero-order valence-electron chi connectivity index (χ0n) is 14.9. The maximum Gasteiger partial charge on any atom is 0.127 e. The van der Waals surface area contributed by atoms with Crippen molar-refractivity contribution in [3.05, 3.63) is 84.3 Å². The van der Waals surface area contributed by atoms with Crippen LogP contribution in [0.5, 0.6) is 11.5 Å². The summed E-state index contributed by atoms with van der Waals surface area (Å²) in [7, 11) is 1.94. The molecule has 3 N–H and O–H groups in total. The fourth-order valence-electron chi connectivity index (χ4n) is 3.01. The lowest BCUT2D eigenvalue weighted by atomic mass is 10.1. The molecule has 5 heteroatoms. The van der Waals surface area contributed by atoms with E-state index in [2.05, 4.69) is 33.8 Å². The van der Waals surface area contributed by atoms with Gasteiger partial charge in [0.15, 0.2) is 0 Å². The van der Waals surface area contributed by atoms with Gasteiger partial charge in [0.25, 0.3) is 0 Å². The Morgan fingerprint density at radius 2 is 1.56 bits per heavy atom. The highest BCUT2D eigenvalue weighted by Gasteiger charge is 2.04. The van der Waals surface area contributed by atoms with Crippen LogP contribution < -0.4 is 15.4 Å². The minimum Gasteiger partial charge on any atom is -0.457 e. The van der Waals surface area contributed by atoms with Crippen LogP contribution in [0.1, 0.15) is 5.56 Å². The second-order valence-electron chi connectivity index (χ2n) is 6.31. The molecule has 1 aromatic heterocycles. The van der Waals surface area contributed by atoms with Crippen molar-refractivity contribution in [2.75, 3.05) is 12.4 Å². The quantitative estimate of drug-likeness (QED) is 0.421. The molecule has 0 unspecified atom stereocenters. The van der Waals surface area contributed by atoms with Crippen molar-refractivity contribution in [3.63, 3.8) is 0 Å². The number of halogens is 1. The Balaban J connectivity index is 1.46. The summed E-state index contributed by atoms with van der Waals surface area (Å²) in [6.07, 6.45) is 2.03. The molecule has 0 radical (unpaired) electrons. The molecule has 4 nitrogen and oxygen atoms in total. The van der Waals surface area contributed by atoms with Gasteiger partial charge >= 0.3 is 0 Å². The molecule has 0 aliphatic carbocycles. The molecule has 3 aromatic carbocycles. The number of fused-ring (bicyclic) bond motifs is 1.